The quantitative estimate of drug-likeness (QED) is 0.387. The second-order valence-electron chi connectivity index (χ2n) is 3.70. The van der Waals surface area contributed by atoms with Gasteiger partial charge in [-0.15, -0.1) is 23.7 Å². The van der Waals surface area contributed by atoms with Crippen molar-refractivity contribution in [3.05, 3.63) is 16.0 Å². The molecular formula is C9H15ClN4OS. The standard InChI is InChI=1S/C9H14N4OS.ClH/c1-13-3-2-5-6(4-13)15-8(10)7(5)9(14)12-11;/h2-4,10-11H2,1H3,(H,12,14);1H. The number of likely N-dealkylation sites (N-methyl/N-ethyl adjacent to an activating group) is 1. The van der Waals surface area contributed by atoms with Gasteiger partial charge in [-0.05, 0) is 19.0 Å². The molecule has 1 aromatic rings. The average Bonchev–Trinajstić information content (AvgIpc) is 2.52. The molecule has 1 amide bonds. The van der Waals surface area contributed by atoms with Gasteiger partial charge in [-0.25, -0.2) is 5.84 Å². The first-order valence-electron chi connectivity index (χ1n) is 4.73. The molecule has 2 heterocycles. The highest BCUT2D eigenvalue weighted by Crippen LogP contribution is 2.34. The van der Waals surface area contributed by atoms with Crippen LogP contribution in [0.3, 0.4) is 0 Å². The SMILES string of the molecule is CN1CCc2c(sc(N)c2C(=O)NN)C1.Cl. The van der Waals surface area contributed by atoms with Gasteiger partial charge in [0.15, 0.2) is 0 Å². The van der Waals surface area contributed by atoms with Crippen LogP contribution in [0.1, 0.15) is 20.8 Å². The Balaban J connectivity index is 0.00000128. The van der Waals surface area contributed by atoms with Gasteiger partial charge >= 0.3 is 0 Å². The van der Waals surface area contributed by atoms with Crippen LogP contribution in [0.2, 0.25) is 0 Å². The lowest BCUT2D eigenvalue weighted by atomic mass is 10.0. The second-order valence-corrected chi connectivity index (χ2v) is 4.84. The summed E-state index contributed by atoms with van der Waals surface area (Å²) in [5.41, 5.74) is 9.61. The summed E-state index contributed by atoms with van der Waals surface area (Å²) in [4.78, 5) is 14.9. The molecule has 16 heavy (non-hydrogen) atoms. The van der Waals surface area contributed by atoms with Crippen molar-refractivity contribution >= 4 is 34.7 Å². The fourth-order valence-electron chi connectivity index (χ4n) is 1.87. The molecule has 0 unspecified atom stereocenters. The number of nitrogens with zero attached hydrogens (tertiary/aromatic N) is 1. The molecule has 5 N–H and O–H groups in total. The molecule has 0 bridgehead atoms. The van der Waals surface area contributed by atoms with Gasteiger partial charge < -0.3 is 10.6 Å². The number of anilines is 1. The van der Waals surface area contributed by atoms with Crippen molar-refractivity contribution < 1.29 is 4.79 Å². The maximum Gasteiger partial charge on any atom is 0.268 e. The van der Waals surface area contributed by atoms with E-state index >= 15 is 0 Å². The summed E-state index contributed by atoms with van der Waals surface area (Å²) in [6.07, 6.45) is 0.863. The van der Waals surface area contributed by atoms with E-state index in [9.17, 15) is 4.79 Å². The molecule has 0 fully saturated rings. The molecule has 0 aliphatic carbocycles. The zero-order valence-electron chi connectivity index (χ0n) is 8.95. The third kappa shape index (κ3) is 2.15. The maximum atomic E-state index is 11.5. The Morgan fingerprint density at radius 3 is 2.88 bits per heavy atom. The number of hydrazine groups is 1. The molecule has 90 valence electrons. The van der Waals surface area contributed by atoms with Gasteiger partial charge in [0.1, 0.15) is 0 Å². The Morgan fingerprint density at radius 1 is 1.56 bits per heavy atom. The average molecular weight is 263 g/mol. The number of nitrogens with one attached hydrogen (secondary N) is 1. The van der Waals surface area contributed by atoms with E-state index in [1.165, 1.54) is 16.2 Å². The van der Waals surface area contributed by atoms with Crippen LogP contribution in [0.4, 0.5) is 5.00 Å². The van der Waals surface area contributed by atoms with E-state index in [1.54, 1.807) is 0 Å². The van der Waals surface area contributed by atoms with E-state index in [1.807, 2.05) is 0 Å². The highest BCUT2D eigenvalue weighted by molar-refractivity contribution is 7.16. The van der Waals surface area contributed by atoms with Crippen molar-refractivity contribution in [2.75, 3.05) is 19.3 Å². The molecular weight excluding hydrogens is 248 g/mol. The third-order valence-corrected chi connectivity index (χ3v) is 3.68. The van der Waals surface area contributed by atoms with Gasteiger partial charge in [0.2, 0.25) is 0 Å². The van der Waals surface area contributed by atoms with Crippen LogP contribution >= 0.6 is 23.7 Å². The number of rotatable bonds is 1. The molecule has 1 aromatic heterocycles. The molecule has 0 aromatic carbocycles. The Morgan fingerprint density at radius 2 is 2.25 bits per heavy atom. The van der Waals surface area contributed by atoms with Crippen molar-refractivity contribution in [1.82, 2.24) is 10.3 Å². The number of amides is 1. The number of carbonyl (C=O) groups excluding carboxylic acids is 1. The van der Waals surface area contributed by atoms with Crippen LogP contribution < -0.4 is 17.0 Å². The molecule has 1 aliphatic rings. The molecule has 0 spiro atoms. The summed E-state index contributed by atoms with van der Waals surface area (Å²) in [6, 6.07) is 0. The summed E-state index contributed by atoms with van der Waals surface area (Å²) in [6.45, 7) is 1.82. The zero-order valence-corrected chi connectivity index (χ0v) is 10.6. The molecule has 2 rings (SSSR count). The lowest BCUT2D eigenvalue weighted by Crippen LogP contribution is -2.32. The molecule has 0 radical (unpaired) electrons. The molecule has 5 nitrogen and oxygen atoms in total. The lowest BCUT2D eigenvalue weighted by molar-refractivity contribution is 0.0953. The van der Waals surface area contributed by atoms with E-state index in [-0.39, 0.29) is 18.3 Å². The lowest BCUT2D eigenvalue weighted by Gasteiger charge is -2.22. The Hall–Kier alpha value is -0.820. The summed E-state index contributed by atoms with van der Waals surface area (Å²) >= 11 is 1.48. The molecule has 0 atom stereocenters. The van der Waals surface area contributed by atoms with Gasteiger partial charge in [0, 0.05) is 18.0 Å². The first-order valence-corrected chi connectivity index (χ1v) is 5.54. The van der Waals surface area contributed by atoms with E-state index < -0.39 is 0 Å². The topological polar surface area (TPSA) is 84.4 Å². The third-order valence-electron chi connectivity index (χ3n) is 2.63. The number of thiophene rings is 1. The van der Waals surface area contributed by atoms with E-state index in [4.69, 9.17) is 11.6 Å². The van der Waals surface area contributed by atoms with Gasteiger partial charge in [-0.3, -0.25) is 10.2 Å². The number of nitrogen functional groups attached to an aromatic ring is 2. The highest BCUT2D eigenvalue weighted by atomic mass is 35.5. The number of carbonyl (C=O) groups is 1. The first-order chi connectivity index (χ1) is 7.13. The highest BCUT2D eigenvalue weighted by Gasteiger charge is 2.25. The van der Waals surface area contributed by atoms with Crippen molar-refractivity contribution in [2.45, 2.75) is 13.0 Å². The molecule has 7 heteroatoms. The summed E-state index contributed by atoms with van der Waals surface area (Å²) in [7, 11) is 2.06. The van der Waals surface area contributed by atoms with E-state index in [0.717, 1.165) is 25.1 Å². The van der Waals surface area contributed by atoms with Gasteiger partial charge in [-0.2, -0.15) is 0 Å². The predicted octanol–water partition coefficient (Wildman–Crippen LogP) is 0.343. The van der Waals surface area contributed by atoms with Crippen LogP contribution in [0.15, 0.2) is 0 Å². The normalized spacial score (nSPS) is 15.1. The number of hydrogen-bond acceptors (Lipinski definition) is 5. The van der Waals surface area contributed by atoms with Crippen LogP contribution in [-0.4, -0.2) is 24.4 Å². The summed E-state index contributed by atoms with van der Waals surface area (Å²) < 4.78 is 0. The zero-order chi connectivity index (χ0) is 11.0. The minimum atomic E-state index is -0.283. The van der Waals surface area contributed by atoms with Gasteiger partial charge in [0.05, 0.1) is 10.6 Å². The van der Waals surface area contributed by atoms with Crippen LogP contribution in [-0.2, 0) is 13.0 Å². The van der Waals surface area contributed by atoms with Crippen LogP contribution in [0, 0.1) is 0 Å². The first kappa shape index (κ1) is 13.2. The summed E-state index contributed by atoms with van der Waals surface area (Å²) in [5.74, 6) is 4.85. The van der Waals surface area contributed by atoms with Crippen molar-refractivity contribution in [3.8, 4) is 0 Å². The van der Waals surface area contributed by atoms with E-state index in [2.05, 4.69) is 17.4 Å². The minimum absolute atomic E-state index is 0. The van der Waals surface area contributed by atoms with Gasteiger partial charge in [-0.1, -0.05) is 0 Å². The molecule has 0 saturated heterocycles. The number of hydrogen-bond donors (Lipinski definition) is 3. The fourth-order valence-corrected chi connectivity index (χ4v) is 3.07. The summed E-state index contributed by atoms with van der Waals surface area (Å²) in [5, 5.41) is 0.568. The van der Waals surface area contributed by atoms with E-state index in [0.29, 0.717) is 10.6 Å². The largest absolute Gasteiger partial charge is 0.390 e. The van der Waals surface area contributed by atoms with Crippen molar-refractivity contribution in [2.24, 2.45) is 5.84 Å². The maximum absolute atomic E-state index is 11.5. The van der Waals surface area contributed by atoms with Crippen molar-refractivity contribution in [3.63, 3.8) is 0 Å². The monoisotopic (exact) mass is 262 g/mol. The number of nitrogens with two attached hydrogens (primary N) is 2. The predicted molar refractivity (Wildman–Crippen MR) is 67.7 cm³/mol. The smallest absolute Gasteiger partial charge is 0.268 e. The Labute approximate surface area is 104 Å². The van der Waals surface area contributed by atoms with Crippen LogP contribution in [0.25, 0.3) is 0 Å². The van der Waals surface area contributed by atoms with Crippen LogP contribution in [0.5, 0.6) is 0 Å². The second kappa shape index (κ2) is 5.01. The molecule has 1 aliphatic heterocycles. The number of halogens is 1. The Kier molecular flexibility index (Phi) is 4.15. The fraction of sp³-hybridized carbons (Fsp3) is 0.444. The van der Waals surface area contributed by atoms with Crippen molar-refractivity contribution in [1.29, 1.82) is 0 Å². The Bertz CT molecular complexity index is 406. The van der Waals surface area contributed by atoms with Gasteiger partial charge in [0.25, 0.3) is 5.91 Å². The molecule has 0 saturated carbocycles. The number of fused-ring (bicyclic) bond motifs is 1. The minimum Gasteiger partial charge on any atom is -0.390 e.